The fourth-order valence-corrected chi connectivity index (χ4v) is 6.37. The maximum Gasteiger partial charge on any atom is 0.282 e. The highest BCUT2D eigenvalue weighted by Gasteiger charge is 2.36. The lowest BCUT2D eigenvalue weighted by Crippen LogP contribution is -2.54. The smallest absolute Gasteiger partial charge is 0.282 e. The van der Waals surface area contributed by atoms with Crippen LogP contribution in [0.25, 0.3) is 0 Å². The van der Waals surface area contributed by atoms with Gasteiger partial charge < -0.3 is 10.1 Å². The average Bonchev–Trinajstić information content (AvgIpc) is 3.16. The Hall–Kier alpha value is -2.46. The van der Waals surface area contributed by atoms with Gasteiger partial charge in [0.1, 0.15) is 11.8 Å². The average molecular weight is 487 g/mol. The molecule has 0 aliphatic carbocycles. The number of amides is 1. The first-order valence-electron chi connectivity index (χ1n) is 12.0. The van der Waals surface area contributed by atoms with Gasteiger partial charge >= 0.3 is 0 Å². The van der Waals surface area contributed by atoms with Gasteiger partial charge in [-0.2, -0.15) is 17.0 Å². The first kappa shape index (κ1) is 24.7. The van der Waals surface area contributed by atoms with E-state index in [9.17, 15) is 13.2 Å². The summed E-state index contributed by atoms with van der Waals surface area (Å²) in [7, 11) is -1.88. The highest BCUT2D eigenvalue weighted by Crippen LogP contribution is 2.27. The highest BCUT2D eigenvalue weighted by atomic mass is 32.2. The molecule has 0 aromatic heterocycles. The molecular weight excluding hydrogens is 452 g/mol. The summed E-state index contributed by atoms with van der Waals surface area (Å²) in [6.07, 6.45) is 4.00. The lowest BCUT2D eigenvalue weighted by molar-refractivity contribution is -0.122. The van der Waals surface area contributed by atoms with Crippen molar-refractivity contribution >= 4 is 21.8 Å². The number of carbonyl (C=O) groups excluding carboxylic acids is 1. The lowest BCUT2D eigenvalue weighted by atomic mass is 10.0. The lowest BCUT2D eigenvalue weighted by Gasteiger charge is -2.39. The maximum atomic E-state index is 13.4. The number of anilines is 1. The summed E-state index contributed by atoms with van der Waals surface area (Å²) < 4.78 is 34.9. The Morgan fingerprint density at radius 2 is 1.50 bits per heavy atom. The molecule has 0 saturated carbocycles. The molecule has 184 valence electrons. The minimum atomic E-state index is -3.47. The topological polar surface area (TPSA) is 82.2 Å². The Morgan fingerprint density at radius 1 is 0.853 bits per heavy atom. The van der Waals surface area contributed by atoms with E-state index in [-0.39, 0.29) is 5.91 Å². The van der Waals surface area contributed by atoms with Crippen LogP contribution in [0.5, 0.6) is 5.75 Å². The second-order valence-electron chi connectivity index (χ2n) is 8.79. The molecule has 0 spiro atoms. The molecule has 0 radical (unpaired) electrons. The molecule has 0 bridgehead atoms. The van der Waals surface area contributed by atoms with Crippen LogP contribution >= 0.6 is 0 Å². The SMILES string of the molecule is COc1cccc(NC(=O)C(c2ccccc2)N2CCN(S(=O)(=O)N3CCCCCC3)CC2)c1. The van der Waals surface area contributed by atoms with E-state index in [0.717, 1.165) is 31.2 Å². The van der Waals surface area contributed by atoms with Gasteiger partial charge in [-0.15, -0.1) is 0 Å². The summed E-state index contributed by atoms with van der Waals surface area (Å²) in [5.74, 6) is 0.518. The third kappa shape index (κ3) is 5.78. The van der Waals surface area contributed by atoms with Crippen molar-refractivity contribution in [1.82, 2.24) is 13.5 Å². The Kier molecular flexibility index (Phi) is 8.20. The van der Waals surface area contributed by atoms with Gasteiger partial charge in [-0.05, 0) is 30.5 Å². The van der Waals surface area contributed by atoms with E-state index in [1.165, 1.54) is 0 Å². The van der Waals surface area contributed by atoms with Gasteiger partial charge in [0.15, 0.2) is 0 Å². The number of piperazine rings is 1. The normalized spacial score (nSPS) is 19.8. The van der Waals surface area contributed by atoms with Crippen LogP contribution in [0.15, 0.2) is 54.6 Å². The van der Waals surface area contributed by atoms with Crippen LogP contribution in [0.2, 0.25) is 0 Å². The van der Waals surface area contributed by atoms with Crippen molar-refractivity contribution in [2.75, 3.05) is 51.7 Å². The zero-order valence-electron chi connectivity index (χ0n) is 19.7. The van der Waals surface area contributed by atoms with E-state index in [0.29, 0.717) is 50.7 Å². The van der Waals surface area contributed by atoms with Crippen LogP contribution in [0.3, 0.4) is 0 Å². The molecule has 2 fully saturated rings. The Labute approximate surface area is 202 Å². The first-order valence-corrected chi connectivity index (χ1v) is 13.4. The van der Waals surface area contributed by atoms with Crippen molar-refractivity contribution in [2.45, 2.75) is 31.7 Å². The van der Waals surface area contributed by atoms with E-state index in [1.807, 2.05) is 48.5 Å². The standard InChI is InChI=1S/C25H34N4O4S/c1-33-23-13-9-12-22(20-23)26-25(30)24(21-10-5-4-6-11-21)27-16-18-29(19-17-27)34(31,32)28-14-7-2-3-8-15-28/h4-6,9-13,20,24H,2-3,7-8,14-19H2,1H3,(H,26,30). The largest absolute Gasteiger partial charge is 0.497 e. The van der Waals surface area contributed by atoms with Crippen LogP contribution in [-0.2, 0) is 15.0 Å². The van der Waals surface area contributed by atoms with Gasteiger partial charge in [0.25, 0.3) is 10.2 Å². The molecule has 2 aliphatic rings. The molecule has 2 aromatic rings. The summed E-state index contributed by atoms with van der Waals surface area (Å²) in [6.45, 7) is 2.90. The summed E-state index contributed by atoms with van der Waals surface area (Å²) in [5.41, 5.74) is 1.54. The molecule has 1 amide bonds. The van der Waals surface area contributed by atoms with Crippen molar-refractivity contribution in [3.8, 4) is 5.75 Å². The summed E-state index contributed by atoms with van der Waals surface area (Å²) in [5, 5.41) is 3.01. The molecule has 4 rings (SSSR count). The van der Waals surface area contributed by atoms with Crippen molar-refractivity contribution in [3.63, 3.8) is 0 Å². The van der Waals surface area contributed by atoms with Crippen molar-refractivity contribution < 1.29 is 17.9 Å². The van der Waals surface area contributed by atoms with E-state index in [4.69, 9.17) is 4.74 Å². The molecule has 34 heavy (non-hydrogen) atoms. The third-order valence-electron chi connectivity index (χ3n) is 6.56. The molecule has 1 N–H and O–H groups in total. The molecule has 2 saturated heterocycles. The van der Waals surface area contributed by atoms with Crippen LogP contribution in [0, 0.1) is 0 Å². The zero-order valence-corrected chi connectivity index (χ0v) is 20.5. The zero-order chi connectivity index (χ0) is 24.0. The molecule has 8 nitrogen and oxygen atoms in total. The van der Waals surface area contributed by atoms with Gasteiger partial charge in [-0.25, -0.2) is 0 Å². The van der Waals surface area contributed by atoms with Gasteiger partial charge in [0.2, 0.25) is 5.91 Å². The second-order valence-corrected chi connectivity index (χ2v) is 10.7. The Morgan fingerprint density at radius 3 is 2.15 bits per heavy atom. The summed E-state index contributed by atoms with van der Waals surface area (Å²) in [6, 6.07) is 16.4. The molecule has 1 unspecified atom stereocenters. The van der Waals surface area contributed by atoms with Gasteiger partial charge in [0.05, 0.1) is 7.11 Å². The molecule has 2 aromatic carbocycles. The third-order valence-corrected chi connectivity index (χ3v) is 8.59. The van der Waals surface area contributed by atoms with E-state index >= 15 is 0 Å². The predicted octanol–water partition coefficient (Wildman–Crippen LogP) is 3.11. The second kappa shape index (κ2) is 11.3. The van der Waals surface area contributed by atoms with Gasteiger partial charge in [-0.1, -0.05) is 49.2 Å². The fraction of sp³-hybridized carbons (Fsp3) is 0.480. The minimum Gasteiger partial charge on any atom is -0.497 e. The van der Waals surface area contributed by atoms with Crippen LogP contribution in [0.4, 0.5) is 5.69 Å². The van der Waals surface area contributed by atoms with Crippen molar-refractivity contribution in [1.29, 1.82) is 0 Å². The van der Waals surface area contributed by atoms with Crippen LogP contribution < -0.4 is 10.1 Å². The first-order chi connectivity index (χ1) is 16.5. The van der Waals surface area contributed by atoms with E-state index in [1.54, 1.807) is 21.8 Å². The molecule has 2 aliphatic heterocycles. The minimum absolute atomic E-state index is 0.150. The summed E-state index contributed by atoms with van der Waals surface area (Å²) in [4.78, 5) is 15.5. The van der Waals surface area contributed by atoms with Gasteiger partial charge in [0, 0.05) is 51.0 Å². The number of hydrogen-bond acceptors (Lipinski definition) is 5. The Bertz CT molecular complexity index is 1050. The van der Waals surface area contributed by atoms with Crippen LogP contribution in [0.1, 0.15) is 37.3 Å². The highest BCUT2D eigenvalue weighted by molar-refractivity contribution is 7.86. The van der Waals surface area contributed by atoms with Crippen molar-refractivity contribution in [3.05, 3.63) is 60.2 Å². The Balaban J connectivity index is 1.48. The number of carbonyl (C=O) groups is 1. The summed E-state index contributed by atoms with van der Waals surface area (Å²) >= 11 is 0. The number of nitrogens with zero attached hydrogens (tertiary/aromatic N) is 3. The predicted molar refractivity (Wildman–Crippen MR) is 133 cm³/mol. The number of rotatable bonds is 7. The van der Waals surface area contributed by atoms with E-state index < -0.39 is 16.3 Å². The number of ether oxygens (including phenoxy) is 1. The molecule has 2 heterocycles. The number of benzene rings is 2. The fourth-order valence-electron chi connectivity index (χ4n) is 4.70. The monoisotopic (exact) mass is 486 g/mol. The molecular formula is C25H34N4O4S. The molecule has 1 atom stereocenters. The van der Waals surface area contributed by atoms with Gasteiger partial charge in [-0.3, -0.25) is 9.69 Å². The molecule has 9 heteroatoms. The number of methoxy groups -OCH3 is 1. The van der Waals surface area contributed by atoms with Crippen LogP contribution in [-0.4, -0.2) is 74.2 Å². The quantitative estimate of drug-likeness (QED) is 0.650. The van der Waals surface area contributed by atoms with E-state index in [2.05, 4.69) is 10.2 Å². The maximum absolute atomic E-state index is 13.4. The number of hydrogen-bond donors (Lipinski definition) is 1. The number of nitrogens with one attached hydrogen (secondary N) is 1. The van der Waals surface area contributed by atoms with Crippen molar-refractivity contribution in [2.24, 2.45) is 0 Å².